The molecular formula is C13H14FN3O2S. The van der Waals surface area contributed by atoms with E-state index >= 15 is 0 Å². The minimum absolute atomic E-state index is 0.0370. The third kappa shape index (κ3) is 2.44. The van der Waals surface area contributed by atoms with E-state index in [1.54, 1.807) is 12.1 Å². The van der Waals surface area contributed by atoms with E-state index < -0.39 is 15.8 Å². The Labute approximate surface area is 116 Å². The number of nitrogens with two attached hydrogens (primary N) is 1. The van der Waals surface area contributed by atoms with Crippen molar-refractivity contribution in [1.29, 1.82) is 0 Å². The number of pyridine rings is 1. The summed E-state index contributed by atoms with van der Waals surface area (Å²) >= 11 is 0. The number of benzene rings is 1. The SMILES string of the molecule is Cc1c(F)cc(N)cc1S(=O)(=O)N(C)c1cccnc1. The number of nitrogen functional groups attached to an aromatic ring is 1. The number of sulfonamides is 1. The van der Waals surface area contributed by atoms with Crippen LogP contribution in [0.4, 0.5) is 15.8 Å². The van der Waals surface area contributed by atoms with Gasteiger partial charge >= 0.3 is 0 Å². The zero-order valence-electron chi connectivity index (χ0n) is 11.0. The van der Waals surface area contributed by atoms with Crippen molar-refractivity contribution < 1.29 is 12.8 Å². The zero-order valence-corrected chi connectivity index (χ0v) is 11.9. The van der Waals surface area contributed by atoms with E-state index in [1.807, 2.05) is 0 Å². The van der Waals surface area contributed by atoms with Crippen molar-refractivity contribution in [3.05, 3.63) is 48.0 Å². The second-order valence-corrected chi connectivity index (χ2v) is 6.25. The van der Waals surface area contributed by atoms with Gasteiger partial charge in [0.05, 0.1) is 16.8 Å². The summed E-state index contributed by atoms with van der Waals surface area (Å²) in [5.74, 6) is -0.650. The quantitative estimate of drug-likeness (QED) is 0.878. The molecule has 0 aliphatic heterocycles. The molecule has 1 aromatic carbocycles. The fourth-order valence-electron chi connectivity index (χ4n) is 1.77. The average Bonchev–Trinajstić information content (AvgIpc) is 2.42. The maximum Gasteiger partial charge on any atom is 0.264 e. The minimum Gasteiger partial charge on any atom is -0.399 e. The molecule has 0 saturated heterocycles. The first kappa shape index (κ1) is 14.3. The van der Waals surface area contributed by atoms with Crippen LogP contribution < -0.4 is 10.0 Å². The van der Waals surface area contributed by atoms with Gasteiger partial charge in [-0.05, 0) is 31.2 Å². The van der Waals surface area contributed by atoms with Crippen LogP contribution in [0.1, 0.15) is 5.56 Å². The zero-order chi connectivity index (χ0) is 14.9. The minimum atomic E-state index is -3.89. The fourth-order valence-corrected chi connectivity index (χ4v) is 3.22. The first-order valence-corrected chi connectivity index (χ1v) is 7.22. The van der Waals surface area contributed by atoms with Crippen LogP contribution >= 0.6 is 0 Å². The van der Waals surface area contributed by atoms with Crippen molar-refractivity contribution in [2.24, 2.45) is 0 Å². The van der Waals surface area contributed by atoms with Crippen molar-refractivity contribution in [1.82, 2.24) is 4.98 Å². The van der Waals surface area contributed by atoms with Gasteiger partial charge in [0.2, 0.25) is 0 Å². The molecule has 106 valence electrons. The Hall–Kier alpha value is -2.15. The van der Waals surface area contributed by atoms with Gasteiger partial charge in [0.25, 0.3) is 10.0 Å². The lowest BCUT2D eigenvalue weighted by Gasteiger charge is -2.20. The van der Waals surface area contributed by atoms with Crippen LogP contribution in [0.2, 0.25) is 0 Å². The van der Waals surface area contributed by atoms with Gasteiger partial charge in [-0.1, -0.05) is 0 Å². The van der Waals surface area contributed by atoms with Crippen molar-refractivity contribution >= 4 is 21.4 Å². The van der Waals surface area contributed by atoms with Gasteiger partial charge in [0.1, 0.15) is 5.82 Å². The lowest BCUT2D eigenvalue weighted by molar-refractivity contribution is 0.585. The van der Waals surface area contributed by atoms with Crippen molar-refractivity contribution in [3.63, 3.8) is 0 Å². The van der Waals surface area contributed by atoms with E-state index in [9.17, 15) is 12.8 Å². The van der Waals surface area contributed by atoms with Gasteiger partial charge in [-0.25, -0.2) is 12.8 Å². The van der Waals surface area contributed by atoms with Crippen LogP contribution in [-0.4, -0.2) is 20.4 Å². The van der Waals surface area contributed by atoms with Crippen LogP contribution in [-0.2, 0) is 10.0 Å². The van der Waals surface area contributed by atoms with Gasteiger partial charge in [0.15, 0.2) is 0 Å². The van der Waals surface area contributed by atoms with Crippen molar-refractivity contribution in [2.45, 2.75) is 11.8 Å². The molecule has 1 aromatic heterocycles. The molecule has 0 radical (unpaired) electrons. The topological polar surface area (TPSA) is 76.3 Å². The Balaban J connectivity index is 2.57. The summed E-state index contributed by atoms with van der Waals surface area (Å²) in [5, 5.41) is 0. The van der Waals surface area contributed by atoms with E-state index in [0.717, 1.165) is 10.4 Å². The molecule has 20 heavy (non-hydrogen) atoms. The Morgan fingerprint density at radius 1 is 1.35 bits per heavy atom. The highest BCUT2D eigenvalue weighted by Crippen LogP contribution is 2.27. The van der Waals surface area contributed by atoms with Crippen LogP contribution in [0, 0.1) is 12.7 Å². The molecule has 0 aliphatic carbocycles. The van der Waals surface area contributed by atoms with E-state index in [1.165, 1.54) is 32.4 Å². The van der Waals surface area contributed by atoms with Crippen LogP contribution in [0.3, 0.4) is 0 Å². The molecule has 0 bridgehead atoms. The molecule has 1 heterocycles. The average molecular weight is 295 g/mol. The molecule has 0 amide bonds. The predicted octanol–water partition coefficient (Wildman–Crippen LogP) is 1.94. The highest BCUT2D eigenvalue weighted by molar-refractivity contribution is 7.92. The van der Waals surface area contributed by atoms with Gasteiger partial charge in [0, 0.05) is 24.5 Å². The number of rotatable bonds is 3. The molecule has 2 N–H and O–H groups in total. The van der Waals surface area contributed by atoms with Crippen LogP contribution in [0.25, 0.3) is 0 Å². The van der Waals surface area contributed by atoms with Gasteiger partial charge in [-0.3, -0.25) is 9.29 Å². The fraction of sp³-hybridized carbons (Fsp3) is 0.154. The lowest BCUT2D eigenvalue weighted by Crippen LogP contribution is -2.27. The molecule has 2 aromatic rings. The van der Waals surface area contributed by atoms with E-state index in [4.69, 9.17) is 5.73 Å². The van der Waals surface area contributed by atoms with Gasteiger partial charge in [-0.15, -0.1) is 0 Å². The van der Waals surface area contributed by atoms with Crippen LogP contribution in [0.15, 0.2) is 41.6 Å². The summed E-state index contributed by atoms with van der Waals surface area (Å²) in [6.07, 6.45) is 2.95. The summed E-state index contributed by atoms with van der Waals surface area (Å²) in [4.78, 5) is 3.71. The number of nitrogens with zero attached hydrogens (tertiary/aromatic N) is 2. The Morgan fingerprint density at radius 3 is 2.65 bits per heavy atom. The standard InChI is InChI=1S/C13H14FN3O2S/c1-9-12(14)6-10(15)7-13(9)20(18,19)17(2)11-4-3-5-16-8-11/h3-8H,15H2,1-2H3. The molecule has 0 atom stereocenters. The smallest absolute Gasteiger partial charge is 0.264 e. The van der Waals surface area contributed by atoms with Gasteiger partial charge in [-0.2, -0.15) is 0 Å². The van der Waals surface area contributed by atoms with Crippen molar-refractivity contribution in [2.75, 3.05) is 17.1 Å². The number of anilines is 2. The second-order valence-electron chi connectivity index (χ2n) is 4.31. The first-order valence-electron chi connectivity index (χ1n) is 5.78. The first-order chi connectivity index (χ1) is 9.34. The molecule has 7 heteroatoms. The highest BCUT2D eigenvalue weighted by atomic mass is 32.2. The molecular weight excluding hydrogens is 281 g/mol. The Kier molecular flexibility index (Phi) is 3.63. The number of halogens is 1. The van der Waals surface area contributed by atoms with Crippen molar-refractivity contribution in [3.8, 4) is 0 Å². The van der Waals surface area contributed by atoms with E-state index in [-0.39, 0.29) is 16.1 Å². The Morgan fingerprint density at radius 2 is 2.05 bits per heavy atom. The molecule has 2 rings (SSSR count). The third-order valence-corrected chi connectivity index (χ3v) is 4.88. The molecule has 0 unspecified atom stereocenters. The monoisotopic (exact) mass is 295 g/mol. The summed E-state index contributed by atoms with van der Waals surface area (Å²) in [5.41, 5.74) is 6.01. The molecule has 0 saturated carbocycles. The largest absolute Gasteiger partial charge is 0.399 e. The summed E-state index contributed by atoms with van der Waals surface area (Å²) in [6.45, 7) is 1.40. The van der Waals surface area contributed by atoms with Crippen LogP contribution in [0.5, 0.6) is 0 Å². The van der Waals surface area contributed by atoms with E-state index in [0.29, 0.717) is 5.69 Å². The maximum atomic E-state index is 13.7. The molecule has 0 aliphatic rings. The molecule has 0 spiro atoms. The lowest BCUT2D eigenvalue weighted by atomic mass is 10.2. The summed E-state index contributed by atoms with van der Waals surface area (Å²) in [6, 6.07) is 5.57. The Bertz CT molecular complexity index is 733. The van der Waals surface area contributed by atoms with Gasteiger partial charge < -0.3 is 5.73 Å². The third-order valence-electron chi connectivity index (χ3n) is 2.97. The second kappa shape index (κ2) is 5.09. The summed E-state index contributed by atoms with van der Waals surface area (Å²) in [7, 11) is -2.51. The molecule has 5 nitrogen and oxygen atoms in total. The number of hydrogen-bond donors (Lipinski definition) is 1. The number of hydrogen-bond acceptors (Lipinski definition) is 4. The number of aromatic nitrogens is 1. The normalized spacial score (nSPS) is 11.3. The highest BCUT2D eigenvalue weighted by Gasteiger charge is 2.25. The predicted molar refractivity (Wildman–Crippen MR) is 75.4 cm³/mol. The maximum absolute atomic E-state index is 13.7. The molecule has 0 fully saturated rings. The summed E-state index contributed by atoms with van der Waals surface area (Å²) < 4.78 is 39.8. The van der Waals surface area contributed by atoms with E-state index in [2.05, 4.69) is 4.98 Å².